The molecule has 90 valence electrons. The third-order valence-electron chi connectivity index (χ3n) is 2.15. The van der Waals surface area contributed by atoms with Gasteiger partial charge in [0.15, 0.2) is 5.16 Å². The Bertz CT molecular complexity index is 313. The Morgan fingerprint density at radius 3 is 2.50 bits per heavy atom. The van der Waals surface area contributed by atoms with Crippen LogP contribution in [0, 0.1) is 13.8 Å². The van der Waals surface area contributed by atoms with Crippen molar-refractivity contribution in [1.29, 1.82) is 0 Å². The summed E-state index contributed by atoms with van der Waals surface area (Å²) in [6.07, 6.45) is 0. The van der Waals surface area contributed by atoms with Crippen molar-refractivity contribution >= 4 is 11.8 Å². The molecule has 0 spiro atoms. The van der Waals surface area contributed by atoms with Gasteiger partial charge in [0.25, 0.3) is 0 Å². The first-order valence-electron chi connectivity index (χ1n) is 5.27. The molecule has 4 nitrogen and oxygen atoms in total. The van der Waals surface area contributed by atoms with Crippen LogP contribution >= 0.6 is 11.8 Å². The number of aromatic nitrogens is 2. The molecule has 0 radical (unpaired) electrons. The summed E-state index contributed by atoms with van der Waals surface area (Å²) in [5.41, 5.74) is 2.03. The van der Waals surface area contributed by atoms with Crippen molar-refractivity contribution in [2.45, 2.75) is 25.0 Å². The maximum atomic E-state index is 5.11. The summed E-state index contributed by atoms with van der Waals surface area (Å²) >= 11 is 1.66. The number of hydrogen-bond donors (Lipinski definition) is 1. The molecule has 1 aromatic heterocycles. The molecule has 0 fully saturated rings. The highest BCUT2D eigenvalue weighted by Crippen LogP contribution is 2.15. The SMILES string of the molecule is CNC(COC)CSc1nc(C)cc(C)n1. The van der Waals surface area contributed by atoms with Gasteiger partial charge in [-0.25, -0.2) is 9.97 Å². The standard InChI is InChI=1S/C11H19N3OS/c1-8-5-9(2)14-11(13-8)16-7-10(12-3)6-15-4/h5,10,12H,6-7H2,1-4H3. The van der Waals surface area contributed by atoms with Crippen molar-refractivity contribution in [3.63, 3.8) is 0 Å². The van der Waals surface area contributed by atoms with Gasteiger partial charge in [-0.05, 0) is 27.0 Å². The normalized spacial score (nSPS) is 12.8. The topological polar surface area (TPSA) is 47.0 Å². The molecule has 16 heavy (non-hydrogen) atoms. The van der Waals surface area contributed by atoms with Gasteiger partial charge in [-0.3, -0.25) is 0 Å². The number of ether oxygens (including phenoxy) is 1. The molecule has 0 saturated carbocycles. The number of nitrogens with one attached hydrogen (secondary N) is 1. The third kappa shape index (κ3) is 4.47. The second-order valence-electron chi connectivity index (χ2n) is 3.69. The Balaban J connectivity index is 2.52. The molecule has 1 N–H and O–H groups in total. The summed E-state index contributed by atoms with van der Waals surface area (Å²) in [4.78, 5) is 8.77. The molecule has 0 saturated heterocycles. The van der Waals surface area contributed by atoms with Gasteiger partial charge >= 0.3 is 0 Å². The van der Waals surface area contributed by atoms with E-state index >= 15 is 0 Å². The minimum Gasteiger partial charge on any atom is -0.383 e. The summed E-state index contributed by atoms with van der Waals surface area (Å²) in [6, 6.07) is 2.31. The largest absolute Gasteiger partial charge is 0.383 e. The lowest BCUT2D eigenvalue weighted by atomic mass is 10.4. The average Bonchev–Trinajstić information content (AvgIpc) is 2.23. The van der Waals surface area contributed by atoms with Crippen molar-refractivity contribution in [3.05, 3.63) is 17.5 Å². The zero-order valence-electron chi connectivity index (χ0n) is 10.3. The van der Waals surface area contributed by atoms with Crippen LogP contribution in [0.15, 0.2) is 11.2 Å². The van der Waals surface area contributed by atoms with E-state index in [2.05, 4.69) is 15.3 Å². The lowest BCUT2D eigenvalue weighted by Crippen LogP contribution is -2.32. The van der Waals surface area contributed by atoms with Crippen molar-refractivity contribution in [1.82, 2.24) is 15.3 Å². The number of rotatable bonds is 6. The third-order valence-corrected chi connectivity index (χ3v) is 3.16. The first-order chi connectivity index (χ1) is 7.65. The first kappa shape index (κ1) is 13.4. The lowest BCUT2D eigenvalue weighted by molar-refractivity contribution is 0.177. The van der Waals surface area contributed by atoms with Crippen LogP contribution in [0.2, 0.25) is 0 Å². The highest BCUT2D eigenvalue weighted by atomic mass is 32.2. The molecule has 1 rings (SSSR count). The summed E-state index contributed by atoms with van der Waals surface area (Å²) in [5.74, 6) is 0.910. The van der Waals surface area contributed by atoms with Gasteiger partial charge in [0, 0.05) is 30.3 Å². The van der Waals surface area contributed by atoms with Crippen LogP contribution in [-0.4, -0.2) is 42.5 Å². The Morgan fingerprint density at radius 2 is 2.00 bits per heavy atom. The Hall–Kier alpha value is -0.650. The zero-order chi connectivity index (χ0) is 12.0. The van der Waals surface area contributed by atoms with Crippen molar-refractivity contribution in [2.75, 3.05) is 26.5 Å². The van der Waals surface area contributed by atoms with E-state index < -0.39 is 0 Å². The van der Waals surface area contributed by atoms with E-state index in [0.717, 1.165) is 22.3 Å². The van der Waals surface area contributed by atoms with Crippen LogP contribution in [0.4, 0.5) is 0 Å². The fourth-order valence-electron chi connectivity index (χ4n) is 1.35. The monoisotopic (exact) mass is 241 g/mol. The van der Waals surface area contributed by atoms with Gasteiger partial charge in [-0.2, -0.15) is 0 Å². The first-order valence-corrected chi connectivity index (χ1v) is 6.25. The molecular weight excluding hydrogens is 222 g/mol. The summed E-state index contributed by atoms with van der Waals surface area (Å²) < 4.78 is 5.11. The van der Waals surface area contributed by atoms with Crippen LogP contribution in [0.5, 0.6) is 0 Å². The van der Waals surface area contributed by atoms with E-state index in [9.17, 15) is 0 Å². The average molecular weight is 241 g/mol. The minimum absolute atomic E-state index is 0.333. The van der Waals surface area contributed by atoms with E-state index in [0.29, 0.717) is 12.6 Å². The molecule has 0 aliphatic rings. The molecule has 0 amide bonds. The minimum atomic E-state index is 0.333. The highest BCUT2D eigenvalue weighted by molar-refractivity contribution is 7.99. The molecule has 5 heteroatoms. The summed E-state index contributed by atoms with van der Waals surface area (Å²) in [5, 5.41) is 4.04. The summed E-state index contributed by atoms with van der Waals surface area (Å²) in [7, 11) is 3.65. The molecule has 0 aliphatic heterocycles. The van der Waals surface area contributed by atoms with Crippen molar-refractivity contribution in [2.24, 2.45) is 0 Å². The fraction of sp³-hybridized carbons (Fsp3) is 0.636. The Kier molecular flexibility index (Phi) is 5.73. The maximum absolute atomic E-state index is 5.11. The second kappa shape index (κ2) is 6.83. The van der Waals surface area contributed by atoms with Crippen LogP contribution < -0.4 is 5.32 Å². The predicted octanol–water partition coefficient (Wildman–Crippen LogP) is 1.42. The van der Waals surface area contributed by atoms with Crippen LogP contribution in [0.25, 0.3) is 0 Å². The second-order valence-corrected chi connectivity index (χ2v) is 4.67. The molecule has 0 aliphatic carbocycles. The fourth-order valence-corrected chi connectivity index (χ4v) is 2.38. The molecule has 0 aromatic carbocycles. The Morgan fingerprint density at radius 1 is 1.38 bits per heavy atom. The number of nitrogens with zero attached hydrogens (tertiary/aromatic N) is 2. The van der Waals surface area contributed by atoms with Gasteiger partial charge in [0.1, 0.15) is 0 Å². The number of methoxy groups -OCH3 is 1. The van der Waals surface area contributed by atoms with Crippen LogP contribution in [0.1, 0.15) is 11.4 Å². The van der Waals surface area contributed by atoms with E-state index in [1.165, 1.54) is 0 Å². The van der Waals surface area contributed by atoms with Gasteiger partial charge in [-0.15, -0.1) is 0 Å². The van der Waals surface area contributed by atoms with E-state index in [1.807, 2.05) is 27.0 Å². The smallest absolute Gasteiger partial charge is 0.188 e. The quantitative estimate of drug-likeness (QED) is 0.603. The molecule has 0 bridgehead atoms. The highest BCUT2D eigenvalue weighted by Gasteiger charge is 2.08. The zero-order valence-corrected chi connectivity index (χ0v) is 11.1. The molecule has 1 heterocycles. The van der Waals surface area contributed by atoms with Crippen molar-refractivity contribution < 1.29 is 4.74 Å². The van der Waals surface area contributed by atoms with Gasteiger partial charge in [-0.1, -0.05) is 11.8 Å². The van der Waals surface area contributed by atoms with E-state index in [-0.39, 0.29) is 0 Å². The Labute approximate surface area is 101 Å². The van der Waals surface area contributed by atoms with Crippen LogP contribution in [0.3, 0.4) is 0 Å². The van der Waals surface area contributed by atoms with E-state index in [1.54, 1.807) is 18.9 Å². The number of hydrogen-bond acceptors (Lipinski definition) is 5. The number of thioether (sulfide) groups is 1. The molecule has 1 atom stereocenters. The van der Waals surface area contributed by atoms with Gasteiger partial charge in [0.2, 0.25) is 0 Å². The maximum Gasteiger partial charge on any atom is 0.188 e. The number of aryl methyl sites for hydroxylation is 2. The summed E-state index contributed by atoms with van der Waals surface area (Å²) in [6.45, 7) is 4.68. The number of likely N-dealkylation sites (N-methyl/N-ethyl adjacent to an activating group) is 1. The molecule has 1 aromatic rings. The van der Waals surface area contributed by atoms with Crippen LogP contribution in [-0.2, 0) is 4.74 Å². The van der Waals surface area contributed by atoms with Crippen molar-refractivity contribution in [3.8, 4) is 0 Å². The van der Waals surface area contributed by atoms with Gasteiger partial charge in [0.05, 0.1) is 6.61 Å². The van der Waals surface area contributed by atoms with E-state index in [4.69, 9.17) is 4.74 Å². The van der Waals surface area contributed by atoms with Gasteiger partial charge < -0.3 is 10.1 Å². The molecule has 1 unspecified atom stereocenters. The molecular formula is C11H19N3OS. The lowest BCUT2D eigenvalue weighted by Gasteiger charge is -2.13. The predicted molar refractivity (Wildman–Crippen MR) is 67.0 cm³/mol.